The molecule has 12 saturated carbocycles. The number of thiophene rings is 2. The minimum atomic E-state index is 0.0826. The lowest BCUT2D eigenvalue weighted by atomic mass is 9.61. The number of rotatable bonds is 0. The normalized spacial score (nSPS) is 32.2. The first-order valence-electron chi connectivity index (χ1n) is 27.0. The van der Waals surface area contributed by atoms with Crippen molar-refractivity contribution in [1.82, 2.24) is 9.97 Å². The van der Waals surface area contributed by atoms with Crippen LogP contribution in [0.5, 0.6) is 0 Å². The molecular weight excluding hydrogens is 861 g/mol. The molecule has 19 rings (SSSR count). The molecule has 0 atom stereocenters. The fraction of sp³-hybridized carbons (Fsp3) is 0.500. The van der Waals surface area contributed by atoms with Gasteiger partial charge < -0.3 is 0 Å². The van der Waals surface area contributed by atoms with E-state index >= 15 is 0 Å². The Morgan fingerprint density at radius 1 is 0.353 bits per heavy atom. The van der Waals surface area contributed by atoms with Crippen LogP contribution in [0.3, 0.4) is 0 Å². The number of fused-ring (bicyclic) bond motifs is 18. The molecule has 7 aromatic rings. The van der Waals surface area contributed by atoms with E-state index in [9.17, 15) is 0 Å². The molecule has 8 bridgehead atoms. The van der Waals surface area contributed by atoms with E-state index in [4.69, 9.17) is 9.97 Å². The fourth-order valence-electron chi connectivity index (χ4n) is 15.5. The average Bonchev–Trinajstić information content (AvgIpc) is 4.08. The molecule has 0 N–H and O–H groups in total. The first-order valence-corrected chi connectivity index (χ1v) is 28.7. The van der Waals surface area contributed by atoms with Crippen LogP contribution in [0.4, 0.5) is 0 Å². The third-order valence-electron chi connectivity index (χ3n) is 20.3. The van der Waals surface area contributed by atoms with Gasteiger partial charge in [0.1, 0.15) is 22.1 Å². The summed E-state index contributed by atoms with van der Waals surface area (Å²) in [6.45, 7) is 0. The first kappa shape index (κ1) is 41.0. The number of hydrogen-bond donors (Lipinski definition) is 0. The molecule has 0 unspecified atom stereocenters. The van der Waals surface area contributed by atoms with Crippen molar-refractivity contribution >= 4 is 86.5 Å². The van der Waals surface area contributed by atoms with E-state index in [1.165, 1.54) is 196 Å². The molecule has 3 aromatic heterocycles. The zero-order valence-corrected chi connectivity index (χ0v) is 41.2. The van der Waals surface area contributed by atoms with E-state index < -0.39 is 0 Å². The molecule has 0 radical (unpaired) electrons. The second-order valence-electron chi connectivity index (χ2n) is 23.9. The van der Waals surface area contributed by atoms with E-state index in [2.05, 4.69) is 94.5 Å². The van der Waals surface area contributed by atoms with Crippen LogP contribution in [0.1, 0.15) is 176 Å². The van der Waals surface area contributed by atoms with E-state index in [-0.39, 0.29) is 21.7 Å². The van der Waals surface area contributed by atoms with E-state index in [1.54, 1.807) is 0 Å². The monoisotopic (exact) mass is 920 g/mol. The second kappa shape index (κ2) is 15.3. The lowest BCUT2D eigenvalue weighted by Gasteiger charge is -2.43. The Morgan fingerprint density at radius 3 is 0.868 bits per heavy atom. The Bertz CT molecular complexity index is 3040. The van der Waals surface area contributed by atoms with Crippen molar-refractivity contribution in [3.8, 4) is 47.4 Å². The second-order valence-corrected chi connectivity index (χ2v) is 25.8. The van der Waals surface area contributed by atoms with E-state index in [0.29, 0.717) is 0 Å². The number of aromatic nitrogens is 2. The van der Waals surface area contributed by atoms with Gasteiger partial charge in [0, 0.05) is 52.6 Å². The highest BCUT2D eigenvalue weighted by molar-refractivity contribution is 7.17. The Hall–Kier alpha value is -4.84. The molecule has 0 spiro atoms. The molecule has 338 valence electrons. The maximum atomic E-state index is 6.06. The van der Waals surface area contributed by atoms with Crippen molar-refractivity contribution in [3.05, 3.63) is 69.4 Å². The molecule has 0 amide bonds. The van der Waals surface area contributed by atoms with Gasteiger partial charge in [0.15, 0.2) is 0 Å². The van der Waals surface area contributed by atoms with Gasteiger partial charge in [0.05, 0.1) is 22.3 Å². The van der Waals surface area contributed by atoms with Gasteiger partial charge in [-0.15, -0.1) is 22.7 Å². The predicted molar refractivity (Wildman–Crippen MR) is 285 cm³/mol. The summed E-state index contributed by atoms with van der Waals surface area (Å²) < 4.78 is 2.58. The summed E-state index contributed by atoms with van der Waals surface area (Å²) in [5, 5.41) is 11.7. The van der Waals surface area contributed by atoms with Crippen molar-refractivity contribution in [1.29, 1.82) is 0 Å². The third kappa shape index (κ3) is 6.60. The summed E-state index contributed by atoms with van der Waals surface area (Å²) >= 11 is 3.65. The zero-order valence-electron chi connectivity index (χ0n) is 39.6. The smallest absolute Gasteiger partial charge is 0.107 e. The van der Waals surface area contributed by atoms with Gasteiger partial charge in [-0.3, -0.25) is 0 Å². The molecule has 4 heteroatoms. The van der Waals surface area contributed by atoms with Gasteiger partial charge in [-0.2, -0.15) is 0 Å². The van der Waals surface area contributed by atoms with Crippen LogP contribution in [-0.4, -0.2) is 9.97 Å². The molecule has 0 aliphatic heterocycles. The standard InChI is InChI=1S/C64H60N2S2/c1-19-61(20-2-41(1)3-21-61)31-13-47-51-37-45-17-35-67-55(45)39-53(51)49(15-33-63-25-7-43(8-26-63)9-27-63)59-57(47)65-60-50(16-34-64-28-10-44(11-29-64)12-30-64)54-40-56-46(18-36-68-56)38-52(54)48(58(60)66-59)14-32-62-22-4-42(5-23-62)6-24-62/h17-18,35-44H,1-12,19-30H2. The topological polar surface area (TPSA) is 25.8 Å². The van der Waals surface area contributed by atoms with Gasteiger partial charge >= 0.3 is 0 Å². The number of hydrogen-bond acceptors (Lipinski definition) is 4. The van der Waals surface area contributed by atoms with Gasteiger partial charge in [0.2, 0.25) is 0 Å². The molecule has 68 heavy (non-hydrogen) atoms. The summed E-state index contributed by atoms with van der Waals surface area (Å²) in [7, 11) is 0. The van der Waals surface area contributed by atoms with Crippen LogP contribution in [-0.2, 0) is 0 Å². The Kier molecular flexibility index (Phi) is 9.24. The van der Waals surface area contributed by atoms with Crippen molar-refractivity contribution in [3.63, 3.8) is 0 Å². The summed E-state index contributed by atoms with van der Waals surface area (Å²) in [4.78, 5) is 12.1. The predicted octanol–water partition coefficient (Wildman–Crippen LogP) is 16.8. The van der Waals surface area contributed by atoms with Crippen LogP contribution in [0.2, 0.25) is 0 Å². The van der Waals surface area contributed by atoms with Crippen molar-refractivity contribution < 1.29 is 0 Å². The van der Waals surface area contributed by atoms with Crippen molar-refractivity contribution in [2.45, 2.75) is 154 Å². The highest BCUT2D eigenvalue weighted by Crippen LogP contribution is 2.54. The van der Waals surface area contributed by atoms with Crippen molar-refractivity contribution in [2.75, 3.05) is 0 Å². The molecule has 12 aliphatic rings. The third-order valence-corrected chi connectivity index (χ3v) is 22.0. The van der Waals surface area contributed by atoms with Gasteiger partial charge in [0.25, 0.3) is 0 Å². The molecular formula is C64H60N2S2. The SMILES string of the molecule is C(#CC12CCC(CC1)CC2)c1c2cc3ccsc3cc2c(C#CC23CCC(CC2)CC3)c2nc3c(C#CC45CCC(CC4)CC5)c4cc5ccsc5cc4c(C#CC45CCC(CC4)CC5)c3nc12. The number of nitrogens with zero attached hydrogens (tertiary/aromatic N) is 2. The van der Waals surface area contributed by atoms with Crippen molar-refractivity contribution in [2.24, 2.45) is 45.3 Å². The number of benzene rings is 4. The van der Waals surface area contributed by atoms with Crippen LogP contribution in [0.15, 0.2) is 47.2 Å². The highest BCUT2D eigenvalue weighted by atomic mass is 32.1. The maximum absolute atomic E-state index is 6.06. The summed E-state index contributed by atoms with van der Waals surface area (Å²) in [6.07, 6.45) is 30.3. The fourth-order valence-corrected chi connectivity index (χ4v) is 17.1. The first-order chi connectivity index (χ1) is 33.4. The summed E-state index contributed by atoms with van der Waals surface area (Å²) in [6, 6.07) is 14.3. The summed E-state index contributed by atoms with van der Waals surface area (Å²) in [5.74, 6) is 35.9. The quantitative estimate of drug-likeness (QED) is 0.112. The molecule has 0 saturated heterocycles. The molecule has 4 aromatic carbocycles. The molecule has 12 fully saturated rings. The van der Waals surface area contributed by atoms with Gasteiger partial charge in [-0.1, -0.05) is 47.4 Å². The lowest BCUT2D eigenvalue weighted by Crippen LogP contribution is -2.32. The average molecular weight is 921 g/mol. The Morgan fingerprint density at radius 2 is 0.603 bits per heavy atom. The lowest BCUT2D eigenvalue weighted by molar-refractivity contribution is 0.119. The molecule has 12 aliphatic carbocycles. The maximum Gasteiger partial charge on any atom is 0.107 e. The zero-order chi connectivity index (χ0) is 44.7. The van der Waals surface area contributed by atoms with E-state index in [0.717, 1.165) is 68.0 Å². The summed E-state index contributed by atoms with van der Waals surface area (Å²) in [5.41, 5.74) is 8.08. The van der Waals surface area contributed by atoms with Crippen LogP contribution >= 0.6 is 22.7 Å². The van der Waals surface area contributed by atoms with Crippen LogP contribution in [0, 0.1) is 92.7 Å². The molecule has 3 heterocycles. The largest absolute Gasteiger partial charge is 0.242 e. The van der Waals surface area contributed by atoms with E-state index in [1.807, 2.05) is 22.7 Å². The van der Waals surface area contributed by atoms with Crippen LogP contribution in [0.25, 0.3) is 63.8 Å². The minimum Gasteiger partial charge on any atom is -0.242 e. The molecule has 2 nitrogen and oxygen atoms in total. The minimum absolute atomic E-state index is 0.0826. The van der Waals surface area contributed by atoms with Gasteiger partial charge in [-0.05, 0) is 236 Å². The van der Waals surface area contributed by atoms with Crippen LogP contribution < -0.4 is 0 Å². The highest BCUT2D eigenvalue weighted by Gasteiger charge is 2.42. The Balaban J connectivity index is 1.08. The Labute approximate surface area is 410 Å². The van der Waals surface area contributed by atoms with Gasteiger partial charge in [-0.25, -0.2) is 9.97 Å².